The summed E-state index contributed by atoms with van der Waals surface area (Å²) in [6.45, 7) is 4.06. The van der Waals surface area contributed by atoms with Crippen LogP contribution in [0.3, 0.4) is 0 Å². The van der Waals surface area contributed by atoms with Crippen molar-refractivity contribution in [2.75, 3.05) is 25.5 Å². The molecule has 1 aromatic carbocycles. The molecule has 7 heteroatoms. The first-order chi connectivity index (χ1) is 12.8. The standard InChI is InChI=1S/C20H30N4O3/c1-5-11-20(12-6-2)18(26)24(19(27)22-20)14-17(25)21-13-15-7-9-16(10-8-15)23(3)4/h7-10H,5-6,11-14H2,1-4H3,(H,21,25)(H,22,27). The van der Waals surface area contributed by atoms with Gasteiger partial charge in [-0.15, -0.1) is 0 Å². The number of nitrogens with one attached hydrogen (secondary N) is 2. The quantitative estimate of drug-likeness (QED) is 0.650. The molecule has 0 aromatic heterocycles. The van der Waals surface area contributed by atoms with Crippen LogP contribution >= 0.6 is 0 Å². The van der Waals surface area contributed by atoms with Gasteiger partial charge < -0.3 is 15.5 Å². The van der Waals surface area contributed by atoms with Crippen LogP contribution in [0.4, 0.5) is 10.5 Å². The van der Waals surface area contributed by atoms with Crippen molar-refractivity contribution in [1.82, 2.24) is 15.5 Å². The summed E-state index contributed by atoms with van der Waals surface area (Å²) < 4.78 is 0. The van der Waals surface area contributed by atoms with Gasteiger partial charge in [-0.2, -0.15) is 0 Å². The lowest BCUT2D eigenvalue weighted by molar-refractivity contribution is -0.135. The Hall–Kier alpha value is -2.57. The normalized spacial score (nSPS) is 15.6. The lowest BCUT2D eigenvalue weighted by Crippen LogP contribution is -2.47. The maximum atomic E-state index is 12.8. The second-order valence-corrected chi connectivity index (χ2v) is 7.24. The van der Waals surface area contributed by atoms with E-state index in [1.165, 1.54) is 0 Å². The van der Waals surface area contributed by atoms with Gasteiger partial charge >= 0.3 is 6.03 Å². The highest BCUT2D eigenvalue weighted by atomic mass is 16.2. The first kappa shape index (κ1) is 20.7. The monoisotopic (exact) mass is 374 g/mol. The zero-order chi connectivity index (χ0) is 20.0. The van der Waals surface area contributed by atoms with E-state index in [1.54, 1.807) is 0 Å². The predicted octanol–water partition coefficient (Wildman–Crippen LogP) is 2.26. The molecule has 2 rings (SSSR count). The molecule has 27 heavy (non-hydrogen) atoms. The van der Waals surface area contributed by atoms with Crippen molar-refractivity contribution in [3.05, 3.63) is 29.8 Å². The molecule has 0 spiro atoms. The summed E-state index contributed by atoms with van der Waals surface area (Å²) in [5.41, 5.74) is 1.17. The number of urea groups is 1. The van der Waals surface area contributed by atoms with E-state index >= 15 is 0 Å². The predicted molar refractivity (Wildman–Crippen MR) is 105 cm³/mol. The van der Waals surface area contributed by atoms with Gasteiger partial charge in [-0.25, -0.2) is 4.79 Å². The fourth-order valence-corrected chi connectivity index (χ4v) is 3.45. The summed E-state index contributed by atoms with van der Waals surface area (Å²) in [4.78, 5) is 40.4. The topological polar surface area (TPSA) is 81.8 Å². The van der Waals surface area contributed by atoms with E-state index in [4.69, 9.17) is 0 Å². The van der Waals surface area contributed by atoms with Gasteiger partial charge in [-0.1, -0.05) is 38.8 Å². The Morgan fingerprint density at radius 2 is 1.70 bits per heavy atom. The maximum Gasteiger partial charge on any atom is 0.325 e. The number of anilines is 1. The zero-order valence-electron chi connectivity index (χ0n) is 16.7. The van der Waals surface area contributed by atoms with Gasteiger partial charge in [0.2, 0.25) is 5.91 Å². The molecule has 0 saturated carbocycles. The van der Waals surface area contributed by atoms with Gasteiger partial charge in [-0.05, 0) is 30.5 Å². The molecule has 0 bridgehead atoms. The van der Waals surface area contributed by atoms with E-state index in [2.05, 4.69) is 10.6 Å². The third-order valence-electron chi connectivity index (χ3n) is 4.84. The second-order valence-electron chi connectivity index (χ2n) is 7.24. The second kappa shape index (κ2) is 8.88. The van der Waals surface area contributed by atoms with Gasteiger partial charge in [0.1, 0.15) is 12.1 Å². The van der Waals surface area contributed by atoms with E-state index in [9.17, 15) is 14.4 Å². The third-order valence-corrected chi connectivity index (χ3v) is 4.84. The van der Waals surface area contributed by atoms with Crippen molar-refractivity contribution in [3.63, 3.8) is 0 Å². The summed E-state index contributed by atoms with van der Waals surface area (Å²) in [7, 11) is 3.93. The van der Waals surface area contributed by atoms with Crippen molar-refractivity contribution >= 4 is 23.5 Å². The molecule has 0 radical (unpaired) electrons. The Morgan fingerprint density at radius 1 is 1.11 bits per heavy atom. The van der Waals surface area contributed by atoms with E-state index in [0.717, 1.165) is 29.0 Å². The number of carbonyl (C=O) groups excluding carboxylic acids is 3. The highest BCUT2D eigenvalue weighted by Crippen LogP contribution is 2.27. The van der Waals surface area contributed by atoms with Crippen molar-refractivity contribution in [2.24, 2.45) is 0 Å². The summed E-state index contributed by atoms with van der Waals surface area (Å²) >= 11 is 0. The first-order valence-electron chi connectivity index (χ1n) is 9.50. The molecule has 0 unspecified atom stereocenters. The number of carbonyl (C=O) groups is 3. The summed E-state index contributed by atoms with van der Waals surface area (Å²) in [6.07, 6.45) is 2.74. The van der Waals surface area contributed by atoms with Crippen LogP contribution in [0.1, 0.15) is 45.1 Å². The minimum absolute atomic E-state index is 0.254. The van der Waals surface area contributed by atoms with Crippen LogP contribution in [-0.4, -0.2) is 48.9 Å². The van der Waals surface area contributed by atoms with Gasteiger partial charge in [-0.3, -0.25) is 14.5 Å². The first-order valence-corrected chi connectivity index (χ1v) is 9.50. The Labute approximate surface area is 161 Å². The Morgan fingerprint density at radius 3 is 2.22 bits per heavy atom. The van der Waals surface area contributed by atoms with Crippen molar-refractivity contribution in [2.45, 2.75) is 51.6 Å². The molecule has 1 aromatic rings. The average Bonchev–Trinajstić information content (AvgIpc) is 2.85. The van der Waals surface area contributed by atoms with Crippen LogP contribution in [-0.2, 0) is 16.1 Å². The van der Waals surface area contributed by atoms with Gasteiger partial charge in [0.15, 0.2) is 0 Å². The lowest BCUT2D eigenvalue weighted by Gasteiger charge is -2.25. The van der Waals surface area contributed by atoms with E-state index in [0.29, 0.717) is 19.4 Å². The summed E-state index contributed by atoms with van der Waals surface area (Å²) in [5, 5.41) is 5.60. The zero-order valence-corrected chi connectivity index (χ0v) is 16.7. The van der Waals surface area contributed by atoms with Crippen LogP contribution in [0.5, 0.6) is 0 Å². The minimum atomic E-state index is -0.858. The molecule has 1 fully saturated rings. The van der Waals surface area contributed by atoms with Crippen LogP contribution in [0.25, 0.3) is 0 Å². The third kappa shape index (κ3) is 4.78. The molecule has 148 valence electrons. The molecular weight excluding hydrogens is 344 g/mol. The molecule has 1 aliphatic rings. The number of hydrogen-bond donors (Lipinski definition) is 2. The number of amides is 4. The molecule has 1 aliphatic heterocycles. The molecule has 1 heterocycles. The highest BCUT2D eigenvalue weighted by molar-refractivity contribution is 6.09. The smallest absolute Gasteiger partial charge is 0.325 e. The minimum Gasteiger partial charge on any atom is -0.378 e. The summed E-state index contributed by atoms with van der Waals surface area (Å²) in [5.74, 6) is -0.638. The van der Waals surface area contributed by atoms with E-state index in [-0.39, 0.29) is 18.4 Å². The lowest BCUT2D eigenvalue weighted by atomic mass is 9.88. The van der Waals surface area contributed by atoms with Crippen molar-refractivity contribution < 1.29 is 14.4 Å². The highest BCUT2D eigenvalue weighted by Gasteiger charge is 2.50. The summed E-state index contributed by atoms with van der Waals surface area (Å²) in [6, 6.07) is 7.35. The molecule has 2 N–H and O–H groups in total. The Bertz CT molecular complexity index is 679. The SMILES string of the molecule is CCCC1(CCC)NC(=O)N(CC(=O)NCc2ccc(N(C)C)cc2)C1=O. The number of hydrogen-bond acceptors (Lipinski definition) is 4. The molecule has 4 amide bonds. The number of benzene rings is 1. The van der Waals surface area contributed by atoms with Crippen molar-refractivity contribution in [1.29, 1.82) is 0 Å². The Kier molecular flexibility index (Phi) is 6.82. The van der Waals surface area contributed by atoms with Crippen molar-refractivity contribution in [3.8, 4) is 0 Å². The average molecular weight is 374 g/mol. The van der Waals surface area contributed by atoms with Crippen LogP contribution in [0, 0.1) is 0 Å². The molecular formula is C20H30N4O3. The fraction of sp³-hybridized carbons (Fsp3) is 0.550. The molecule has 1 saturated heterocycles. The van der Waals surface area contributed by atoms with Gasteiger partial charge in [0.05, 0.1) is 0 Å². The number of rotatable bonds is 9. The maximum absolute atomic E-state index is 12.8. The van der Waals surface area contributed by atoms with Crippen LogP contribution in [0.2, 0.25) is 0 Å². The molecule has 0 atom stereocenters. The molecule has 7 nitrogen and oxygen atoms in total. The largest absolute Gasteiger partial charge is 0.378 e. The van der Waals surface area contributed by atoms with Crippen LogP contribution in [0.15, 0.2) is 24.3 Å². The number of imide groups is 1. The van der Waals surface area contributed by atoms with Gasteiger partial charge in [0.25, 0.3) is 5.91 Å². The fourth-order valence-electron chi connectivity index (χ4n) is 3.45. The number of nitrogens with zero attached hydrogens (tertiary/aromatic N) is 2. The van der Waals surface area contributed by atoms with E-state index in [1.807, 2.05) is 57.1 Å². The Balaban J connectivity index is 1.94. The van der Waals surface area contributed by atoms with E-state index < -0.39 is 11.6 Å². The van der Waals surface area contributed by atoms with Gasteiger partial charge in [0, 0.05) is 26.3 Å². The van der Waals surface area contributed by atoms with Crippen LogP contribution < -0.4 is 15.5 Å². The molecule has 0 aliphatic carbocycles.